The van der Waals surface area contributed by atoms with Crippen molar-refractivity contribution in [2.75, 3.05) is 5.32 Å². The number of nitrogens with one attached hydrogen (secondary N) is 2. The number of carboxylic acid groups (broad SMARTS) is 1. The summed E-state index contributed by atoms with van der Waals surface area (Å²) in [6.07, 6.45) is 4.91. The molecule has 2 atom stereocenters. The second kappa shape index (κ2) is 4.34. The number of carbonyl (C=O) groups is 1. The van der Waals surface area contributed by atoms with E-state index in [0.717, 1.165) is 6.42 Å². The topological polar surface area (TPSA) is 95.1 Å². The molecule has 2 rings (SSSR count). The van der Waals surface area contributed by atoms with E-state index in [1.165, 1.54) is 12.4 Å². The predicted octanol–water partition coefficient (Wildman–Crippen LogP) is 0.435. The molecule has 0 saturated heterocycles. The van der Waals surface area contributed by atoms with Crippen LogP contribution >= 0.6 is 0 Å². The van der Waals surface area contributed by atoms with Crippen molar-refractivity contribution in [1.29, 1.82) is 0 Å². The first-order valence-electron chi connectivity index (χ1n) is 5.20. The first-order valence-corrected chi connectivity index (χ1v) is 5.20. The molecule has 6 nitrogen and oxygen atoms in total. The van der Waals surface area contributed by atoms with Crippen molar-refractivity contribution in [3.63, 3.8) is 0 Å². The van der Waals surface area contributed by atoms with Gasteiger partial charge in [-0.05, 0) is 19.3 Å². The lowest BCUT2D eigenvalue weighted by atomic mass is 10.1. The highest BCUT2D eigenvalue weighted by Gasteiger charge is 2.29. The van der Waals surface area contributed by atoms with E-state index in [-0.39, 0.29) is 23.3 Å². The minimum absolute atomic E-state index is 0.0251. The lowest BCUT2D eigenvalue weighted by molar-refractivity contribution is -0.141. The van der Waals surface area contributed by atoms with Crippen molar-refractivity contribution in [2.45, 2.75) is 25.3 Å². The highest BCUT2D eigenvalue weighted by molar-refractivity contribution is 5.70. The SMILES string of the molecule is O=C(O)C1CCC(Nc2ncc[nH]c2=O)C1. The summed E-state index contributed by atoms with van der Waals surface area (Å²) < 4.78 is 0. The summed E-state index contributed by atoms with van der Waals surface area (Å²) >= 11 is 0. The van der Waals surface area contributed by atoms with Gasteiger partial charge in [-0.3, -0.25) is 9.59 Å². The number of aromatic nitrogens is 2. The van der Waals surface area contributed by atoms with Crippen molar-refractivity contribution >= 4 is 11.8 Å². The van der Waals surface area contributed by atoms with Gasteiger partial charge in [0, 0.05) is 18.4 Å². The van der Waals surface area contributed by atoms with Crippen molar-refractivity contribution in [3.8, 4) is 0 Å². The Kier molecular flexibility index (Phi) is 2.89. The number of carboxylic acids is 1. The molecule has 1 aromatic rings. The quantitative estimate of drug-likeness (QED) is 0.691. The van der Waals surface area contributed by atoms with Crippen LogP contribution in [0.4, 0.5) is 5.82 Å². The lowest BCUT2D eigenvalue weighted by Crippen LogP contribution is -2.23. The molecule has 86 valence electrons. The van der Waals surface area contributed by atoms with Gasteiger partial charge < -0.3 is 15.4 Å². The summed E-state index contributed by atoms with van der Waals surface area (Å²) in [6.45, 7) is 0. The summed E-state index contributed by atoms with van der Waals surface area (Å²) in [4.78, 5) is 28.5. The Hall–Kier alpha value is -1.85. The second-order valence-electron chi connectivity index (χ2n) is 3.96. The van der Waals surface area contributed by atoms with Crippen molar-refractivity contribution in [1.82, 2.24) is 9.97 Å². The summed E-state index contributed by atoms with van der Waals surface area (Å²) in [7, 11) is 0. The molecule has 0 aliphatic heterocycles. The minimum Gasteiger partial charge on any atom is -0.481 e. The van der Waals surface area contributed by atoms with E-state index in [2.05, 4.69) is 15.3 Å². The van der Waals surface area contributed by atoms with E-state index in [4.69, 9.17) is 5.11 Å². The average Bonchev–Trinajstić information content (AvgIpc) is 2.70. The van der Waals surface area contributed by atoms with Crippen molar-refractivity contribution < 1.29 is 9.90 Å². The summed E-state index contributed by atoms with van der Waals surface area (Å²) in [5, 5.41) is 11.8. The zero-order valence-electron chi connectivity index (χ0n) is 8.64. The zero-order chi connectivity index (χ0) is 11.5. The van der Waals surface area contributed by atoms with Crippen LogP contribution in [0.1, 0.15) is 19.3 Å². The lowest BCUT2D eigenvalue weighted by Gasteiger charge is -2.11. The maximum Gasteiger partial charge on any atom is 0.306 e. The Balaban J connectivity index is 2.00. The van der Waals surface area contributed by atoms with E-state index < -0.39 is 5.97 Å². The maximum atomic E-state index is 11.3. The molecular formula is C10H13N3O3. The van der Waals surface area contributed by atoms with E-state index in [1.54, 1.807) is 0 Å². The number of nitrogens with zero attached hydrogens (tertiary/aromatic N) is 1. The number of hydrogen-bond acceptors (Lipinski definition) is 4. The summed E-state index contributed by atoms with van der Waals surface area (Å²) in [5.74, 6) is -0.807. The van der Waals surface area contributed by atoms with Crippen LogP contribution in [0.15, 0.2) is 17.2 Å². The van der Waals surface area contributed by atoms with Crippen LogP contribution < -0.4 is 10.9 Å². The highest BCUT2D eigenvalue weighted by Crippen LogP contribution is 2.27. The Morgan fingerprint density at radius 1 is 1.56 bits per heavy atom. The first-order chi connectivity index (χ1) is 7.66. The van der Waals surface area contributed by atoms with Crippen LogP contribution in [0.5, 0.6) is 0 Å². The summed E-state index contributed by atoms with van der Waals surface area (Å²) in [5.41, 5.74) is -0.277. The fourth-order valence-corrected chi connectivity index (χ4v) is 1.98. The second-order valence-corrected chi connectivity index (χ2v) is 3.96. The van der Waals surface area contributed by atoms with Gasteiger partial charge in [0.1, 0.15) is 0 Å². The average molecular weight is 223 g/mol. The molecule has 6 heteroatoms. The number of H-pyrrole nitrogens is 1. The number of aliphatic carboxylic acids is 1. The number of aromatic amines is 1. The molecule has 0 aromatic carbocycles. The van der Waals surface area contributed by atoms with Gasteiger partial charge in [-0.1, -0.05) is 0 Å². The van der Waals surface area contributed by atoms with Crippen LogP contribution in [0, 0.1) is 5.92 Å². The van der Waals surface area contributed by atoms with Gasteiger partial charge in [-0.25, -0.2) is 4.98 Å². The molecule has 1 saturated carbocycles. The molecule has 1 aliphatic rings. The van der Waals surface area contributed by atoms with Crippen LogP contribution in [0.3, 0.4) is 0 Å². The van der Waals surface area contributed by atoms with Crippen LogP contribution in [0.25, 0.3) is 0 Å². The first kappa shape index (κ1) is 10.7. The molecule has 16 heavy (non-hydrogen) atoms. The highest BCUT2D eigenvalue weighted by atomic mass is 16.4. The van der Waals surface area contributed by atoms with Crippen molar-refractivity contribution in [2.24, 2.45) is 5.92 Å². The van der Waals surface area contributed by atoms with E-state index in [9.17, 15) is 9.59 Å². The molecule has 1 heterocycles. The summed E-state index contributed by atoms with van der Waals surface area (Å²) in [6, 6.07) is 0.0251. The van der Waals surface area contributed by atoms with Gasteiger partial charge in [-0.15, -0.1) is 0 Å². The fraction of sp³-hybridized carbons (Fsp3) is 0.500. The third-order valence-corrected chi connectivity index (χ3v) is 2.83. The normalized spacial score (nSPS) is 24.2. The molecule has 1 fully saturated rings. The van der Waals surface area contributed by atoms with Crippen LogP contribution in [-0.4, -0.2) is 27.1 Å². The minimum atomic E-state index is -0.765. The van der Waals surface area contributed by atoms with Gasteiger partial charge in [0.25, 0.3) is 5.56 Å². The molecule has 0 spiro atoms. The molecule has 0 radical (unpaired) electrons. The monoisotopic (exact) mass is 223 g/mol. The third kappa shape index (κ3) is 2.21. The smallest absolute Gasteiger partial charge is 0.306 e. The Morgan fingerprint density at radius 2 is 2.38 bits per heavy atom. The molecular weight excluding hydrogens is 210 g/mol. The van der Waals surface area contributed by atoms with Crippen molar-refractivity contribution in [3.05, 3.63) is 22.7 Å². The number of rotatable bonds is 3. The molecule has 3 N–H and O–H groups in total. The van der Waals surface area contributed by atoms with Crippen LogP contribution in [0.2, 0.25) is 0 Å². The number of hydrogen-bond donors (Lipinski definition) is 3. The molecule has 0 amide bonds. The molecule has 1 aromatic heterocycles. The van der Waals surface area contributed by atoms with E-state index in [1.807, 2.05) is 0 Å². The maximum absolute atomic E-state index is 11.3. The molecule has 2 unspecified atom stereocenters. The standard InChI is InChI=1S/C10H13N3O3/c14-9-8(11-3-4-12-9)13-7-2-1-6(5-7)10(15)16/h3-4,6-7H,1-2,5H2,(H,11,13)(H,12,14)(H,15,16). The van der Waals surface area contributed by atoms with E-state index >= 15 is 0 Å². The molecule has 1 aliphatic carbocycles. The van der Waals surface area contributed by atoms with Gasteiger partial charge in [0.15, 0.2) is 5.82 Å². The Labute approximate surface area is 91.7 Å². The third-order valence-electron chi connectivity index (χ3n) is 2.83. The zero-order valence-corrected chi connectivity index (χ0v) is 8.64. The fourth-order valence-electron chi connectivity index (χ4n) is 1.98. The van der Waals surface area contributed by atoms with E-state index in [0.29, 0.717) is 12.8 Å². The van der Waals surface area contributed by atoms with Gasteiger partial charge in [0.2, 0.25) is 0 Å². The van der Waals surface area contributed by atoms with Crippen LogP contribution in [-0.2, 0) is 4.79 Å². The molecule has 0 bridgehead atoms. The Bertz CT molecular complexity index is 443. The number of anilines is 1. The van der Waals surface area contributed by atoms with Gasteiger partial charge in [0.05, 0.1) is 5.92 Å². The largest absolute Gasteiger partial charge is 0.481 e. The Morgan fingerprint density at radius 3 is 3.00 bits per heavy atom. The predicted molar refractivity (Wildman–Crippen MR) is 57.2 cm³/mol. The van der Waals surface area contributed by atoms with Gasteiger partial charge >= 0.3 is 5.97 Å². The van der Waals surface area contributed by atoms with Gasteiger partial charge in [-0.2, -0.15) is 0 Å².